The van der Waals surface area contributed by atoms with Gasteiger partial charge in [0.25, 0.3) is 0 Å². The van der Waals surface area contributed by atoms with Crippen molar-refractivity contribution in [1.82, 2.24) is 19.7 Å². The zero-order valence-electron chi connectivity index (χ0n) is 16.0. The highest BCUT2D eigenvalue weighted by Gasteiger charge is 2.20. The molecule has 0 saturated carbocycles. The number of thioether (sulfide) groups is 1. The zero-order chi connectivity index (χ0) is 20.1. The topological polar surface area (TPSA) is 43.2 Å². The Morgan fingerprint density at radius 1 is 1.18 bits per heavy atom. The molecule has 0 bridgehead atoms. The Balaban J connectivity index is 1.75. The summed E-state index contributed by atoms with van der Waals surface area (Å²) >= 11 is 7.51. The molecule has 3 aromatic rings. The van der Waals surface area contributed by atoms with Crippen molar-refractivity contribution in [3.05, 3.63) is 65.2 Å². The highest BCUT2D eigenvalue weighted by atomic mass is 35.5. The Morgan fingerprint density at radius 3 is 2.61 bits per heavy atom. The standard InChI is InChI=1S/C20H22ClFN4OS/c1-14(25(2)3)19-23-24-20(26(19)17-9-7-16(22)8-10-17)28-12-11-27-18-6-4-5-15(21)13-18/h4-10,13-14H,11-12H2,1-3H3/t14-/m1/s1. The van der Waals surface area contributed by atoms with Gasteiger partial charge < -0.3 is 4.74 Å². The van der Waals surface area contributed by atoms with Crippen LogP contribution in [-0.2, 0) is 0 Å². The lowest BCUT2D eigenvalue weighted by molar-refractivity contribution is 0.305. The number of halogens is 2. The molecule has 1 heterocycles. The fraction of sp³-hybridized carbons (Fsp3) is 0.300. The number of rotatable bonds is 8. The second-order valence-corrected chi connectivity index (χ2v) is 7.94. The third-order valence-corrected chi connectivity index (χ3v) is 5.40. The van der Waals surface area contributed by atoms with Gasteiger partial charge >= 0.3 is 0 Å². The van der Waals surface area contributed by atoms with Crippen LogP contribution in [0.5, 0.6) is 5.75 Å². The summed E-state index contributed by atoms with van der Waals surface area (Å²) in [5.74, 6) is 1.94. The minimum atomic E-state index is -0.275. The SMILES string of the molecule is C[C@H](c1nnc(SCCOc2cccc(Cl)c2)n1-c1ccc(F)cc1)N(C)C. The summed E-state index contributed by atoms with van der Waals surface area (Å²) in [5, 5.41) is 10.1. The maximum atomic E-state index is 13.4. The molecular formula is C20H22ClFN4OS. The lowest BCUT2D eigenvalue weighted by Gasteiger charge is -2.20. The normalized spacial score (nSPS) is 12.4. The fourth-order valence-electron chi connectivity index (χ4n) is 2.56. The molecule has 0 aliphatic rings. The molecule has 0 saturated heterocycles. The van der Waals surface area contributed by atoms with Gasteiger partial charge in [-0.2, -0.15) is 0 Å². The average molecular weight is 421 g/mol. The van der Waals surface area contributed by atoms with Gasteiger partial charge in [-0.1, -0.05) is 29.4 Å². The van der Waals surface area contributed by atoms with Crippen LogP contribution in [0.2, 0.25) is 5.02 Å². The summed E-state index contributed by atoms with van der Waals surface area (Å²) in [6.45, 7) is 2.56. The van der Waals surface area contributed by atoms with Crippen molar-refractivity contribution in [2.75, 3.05) is 26.5 Å². The van der Waals surface area contributed by atoms with Crippen molar-refractivity contribution in [3.63, 3.8) is 0 Å². The number of benzene rings is 2. The second kappa shape index (κ2) is 9.41. The summed E-state index contributed by atoms with van der Waals surface area (Å²) in [7, 11) is 3.97. The van der Waals surface area contributed by atoms with Crippen LogP contribution < -0.4 is 4.74 Å². The van der Waals surface area contributed by atoms with E-state index in [-0.39, 0.29) is 11.9 Å². The van der Waals surface area contributed by atoms with Gasteiger partial charge in [0.2, 0.25) is 0 Å². The van der Waals surface area contributed by atoms with E-state index in [9.17, 15) is 4.39 Å². The number of nitrogens with zero attached hydrogens (tertiary/aromatic N) is 4. The second-order valence-electron chi connectivity index (χ2n) is 6.45. The molecule has 3 rings (SSSR count). The smallest absolute Gasteiger partial charge is 0.196 e. The molecule has 0 radical (unpaired) electrons. The lowest BCUT2D eigenvalue weighted by Crippen LogP contribution is -2.20. The van der Waals surface area contributed by atoms with Gasteiger partial charge in [0.15, 0.2) is 11.0 Å². The number of hydrogen-bond donors (Lipinski definition) is 0. The molecule has 28 heavy (non-hydrogen) atoms. The van der Waals surface area contributed by atoms with Crippen molar-refractivity contribution in [2.24, 2.45) is 0 Å². The van der Waals surface area contributed by atoms with Crippen molar-refractivity contribution in [3.8, 4) is 11.4 Å². The third kappa shape index (κ3) is 5.04. The third-order valence-electron chi connectivity index (χ3n) is 4.27. The van der Waals surface area contributed by atoms with E-state index in [1.165, 1.54) is 23.9 Å². The van der Waals surface area contributed by atoms with E-state index in [0.717, 1.165) is 22.4 Å². The quantitative estimate of drug-likeness (QED) is 0.385. The zero-order valence-corrected chi connectivity index (χ0v) is 17.5. The molecule has 148 valence electrons. The molecule has 0 fully saturated rings. The van der Waals surface area contributed by atoms with Crippen molar-refractivity contribution in [1.29, 1.82) is 0 Å². The largest absolute Gasteiger partial charge is 0.493 e. The van der Waals surface area contributed by atoms with Gasteiger partial charge in [0.1, 0.15) is 11.6 Å². The predicted octanol–water partition coefficient (Wildman–Crippen LogP) is 4.85. The molecule has 0 N–H and O–H groups in total. The van der Waals surface area contributed by atoms with E-state index < -0.39 is 0 Å². The average Bonchev–Trinajstić information content (AvgIpc) is 3.09. The van der Waals surface area contributed by atoms with Crippen molar-refractivity contribution in [2.45, 2.75) is 18.1 Å². The lowest BCUT2D eigenvalue weighted by atomic mass is 10.2. The van der Waals surface area contributed by atoms with Crippen LogP contribution in [0.25, 0.3) is 5.69 Å². The molecule has 0 unspecified atom stereocenters. The summed E-state index contributed by atoms with van der Waals surface area (Å²) in [5.41, 5.74) is 0.827. The molecule has 8 heteroatoms. The molecular weight excluding hydrogens is 399 g/mol. The summed E-state index contributed by atoms with van der Waals surface area (Å²) in [4.78, 5) is 2.06. The van der Waals surface area contributed by atoms with Crippen LogP contribution in [-0.4, -0.2) is 46.1 Å². The molecule has 1 aromatic heterocycles. The van der Waals surface area contributed by atoms with E-state index in [4.69, 9.17) is 16.3 Å². The van der Waals surface area contributed by atoms with Crippen LogP contribution in [0.15, 0.2) is 53.7 Å². The maximum Gasteiger partial charge on any atom is 0.196 e. The number of hydrogen-bond acceptors (Lipinski definition) is 5. The molecule has 1 atom stereocenters. The molecule has 0 spiro atoms. The van der Waals surface area contributed by atoms with Gasteiger partial charge in [-0.15, -0.1) is 10.2 Å². The van der Waals surface area contributed by atoms with Gasteiger partial charge in [-0.3, -0.25) is 9.47 Å². The Labute approximate surface area is 173 Å². The van der Waals surface area contributed by atoms with Crippen LogP contribution in [0.4, 0.5) is 4.39 Å². The first kappa shape index (κ1) is 20.6. The van der Waals surface area contributed by atoms with E-state index >= 15 is 0 Å². The Bertz CT molecular complexity index is 917. The number of aromatic nitrogens is 3. The van der Waals surface area contributed by atoms with Crippen molar-refractivity contribution < 1.29 is 9.13 Å². The minimum Gasteiger partial charge on any atom is -0.493 e. The maximum absolute atomic E-state index is 13.4. The molecule has 0 aliphatic heterocycles. The van der Waals surface area contributed by atoms with E-state index in [2.05, 4.69) is 22.0 Å². The first-order valence-electron chi connectivity index (χ1n) is 8.84. The van der Waals surface area contributed by atoms with Gasteiger partial charge in [0, 0.05) is 16.5 Å². The Kier molecular flexibility index (Phi) is 6.93. The van der Waals surface area contributed by atoms with Crippen LogP contribution >= 0.6 is 23.4 Å². The van der Waals surface area contributed by atoms with E-state index in [1.54, 1.807) is 18.2 Å². The predicted molar refractivity (Wildman–Crippen MR) is 111 cm³/mol. The van der Waals surface area contributed by atoms with Crippen LogP contribution in [0, 0.1) is 5.82 Å². The number of ether oxygens (including phenoxy) is 1. The molecule has 0 amide bonds. The van der Waals surface area contributed by atoms with Gasteiger partial charge in [-0.05, 0) is 63.5 Å². The Morgan fingerprint density at radius 2 is 1.93 bits per heavy atom. The highest BCUT2D eigenvalue weighted by Crippen LogP contribution is 2.27. The summed E-state index contributed by atoms with van der Waals surface area (Å²) in [6.07, 6.45) is 0. The minimum absolute atomic E-state index is 0.0506. The first-order valence-corrected chi connectivity index (χ1v) is 10.2. The van der Waals surface area contributed by atoms with Crippen LogP contribution in [0.3, 0.4) is 0 Å². The van der Waals surface area contributed by atoms with Gasteiger partial charge in [0.05, 0.1) is 12.6 Å². The molecule has 2 aromatic carbocycles. The first-order chi connectivity index (χ1) is 13.5. The highest BCUT2D eigenvalue weighted by molar-refractivity contribution is 7.99. The summed E-state index contributed by atoms with van der Waals surface area (Å²) < 4.78 is 21.1. The Hall–Kier alpha value is -2.09. The fourth-order valence-corrected chi connectivity index (χ4v) is 3.51. The summed E-state index contributed by atoms with van der Waals surface area (Å²) in [6, 6.07) is 13.7. The monoisotopic (exact) mass is 420 g/mol. The van der Waals surface area contributed by atoms with Crippen LogP contribution in [0.1, 0.15) is 18.8 Å². The van der Waals surface area contributed by atoms with E-state index in [1.807, 2.05) is 36.9 Å². The van der Waals surface area contributed by atoms with E-state index in [0.29, 0.717) is 17.4 Å². The molecule has 0 aliphatic carbocycles. The molecule has 5 nitrogen and oxygen atoms in total. The van der Waals surface area contributed by atoms with Crippen molar-refractivity contribution >= 4 is 23.4 Å². The van der Waals surface area contributed by atoms with Gasteiger partial charge in [-0.25, -0.2) is 4.39 Å².